The molecule has 1 aliphatic heterocycles. The molecule has 2 amide bonds. The minimum Gasteiger partial charge on any atom is -0.467 e. The highest BCUT2D eigenvalue weighted by molar-refractivity contribution is 8.00. The molecule has 7 nitrogen and oxygen atoms in total. The van der Waals surface area contributed by atoms with E-state index in [0.29, 0.717) is 18.6 Å². The van der Waals surface area contributed by atoms with Crippen molar-refractivity contribution in [2.75, 3.05) is 19.4 Å². The van der Waals surface area contributed by atoms with Crippen molar-refractivity contribution >= 4 is 29.7 Å². The Labute approximate surface area is 261 Å². The molecule has 2 aromatic carbocycles. The van der Waals surface area contributed by atoms with Crippen LogP contribution in [-0.2, 0) is 23.8 Å². The van der Waals surface area contributed by atoms with Crippen LogP contribution in [0.5, 0.6) is 0 Å². The zero-order valence-electron chi connectivity index (χ0n) is 26.0. The summed E-state index contributed by atoms with van der Waals surface area (Å²) in [5, 5.41) is 2.81. The highest BCUT2D eigenvalue weighted by Crippen LogP contribution is 2.48. The zero-order valence-corrected chi connectivity index (χ0v) is 26.8. The molecule has 1 saturated heterocycles. The Hall–Kier alpha value is -3.52. The van der Waals surface area contributed by atoms with Crippen LogP contribution in [-0.4, -0.2) is 60.0 Å². The monoisotopic (exact) mass is 606 g/mol. The van der Waals surface area contributed by atoms with Gasteiger partial charge in [-0.25, -0.2) is 9.59 Å². The first-order valence-corrected chi connectivity index (χ1v) is 15.9. The molecule has 0 radical (unpaired) electrons. The minimum absolute atomic E-state index is 0.289. The van der Waals surface area contributed by atoms with Gasteiger partial charge in [0, 0.05) is 12.3 Å². The van der Waals surface area contributed by atoms with Crippen molar-refractivity contribution in [3.8, 4) is 11.1 Å². The molecule has 1 fully saturated rings. The number of allylic oxidation sites excluding steroid dienone is 1. The van der Waals surface area contributed by atoms with Gasteiger partial charge in [-0.3, -0.25) is 4.79 Å². The number of benzene rings is 2. The second-order valence-electron chi connectivity index (χ2n) is 11.9. The van der Waals surface area contributed by atoms with Crippen LogP contribution in [0, 0.1) is 0 Å². The third kappa shape index (κ3) is 9.48. The molecule has 0 aliphatic carbocycles. The Morgan fingerprint density at radius 3 is 2.30 bits per heavy atom. The van der Waals surface area contributed by atoms with E-state index in [1.807, 2.05) is 30.4 Å². The van der Waals surface area contributed by atoms with Gasteiger partial charge in [0.2, 0.25) is 5.91 Å². The standard InChI is InChI=1S/C35H46N2O5S/c1-7-9-10-11-15-18-29(36-33(40)42-34(3,4)5)31(38)37-25-35(43-23-8-2,24-30(37)32(39)41-6)28-21-19-27(20-22-28)26-16-13-12-14-17-26/h7-8,12-14,16-17,19-22,29-30H,1-2,9-11,15,18,23-25H2,3-6H3,(H,36,40)/t29?,30-,35-/m0/s1. The Bertz CT molecular complexity index is 1240. The number of ether oxygens (including phenoxy) is 2. The number of hydrogen-bond donors (Lipinski definition) is 1. The van der Waals surface area contributed by atoms with Gasteiger partial charge in [0.25, 0.3) is 0 Å². The number of hydrogen-bond acceptors (Lipinski definition) is 6. The Balaban J connectivity index is 1.94. The lowest BCUT2D eigenvalue weighted by Gasteiger charge is -2.31. The molecule has 0 bridgehead atoms. The lowest BCUT2D eigenvalue weighted by molar-refractivity contribution is -0.151. The van der Waals surface area contributed by atoms with Crippen LogP contribution in [0.15, 0.2) is 79.9 Å². The fourth-order valence-electron chi connectivity index (χ4n) is 5.38. The van der Waals surface area contributed by atoms with Gasteiger partial charge >= 0.3 is 12.1 Å². The number of carbonyl (C=O) groups excluding carboxylic acids is 3. The summed E-state index contributed by atoms with van der Waals surface area (Å²) in [5.41, 5.74) is 2.50. The minimum atomic E-state index is -0.841. The molecule has 2 aromatic rings. The molecule has 3 atom stereocenters. The molecule has 1 heterocycles. The molecule has 1 N–H and O–H groups in total. The highest BCUT2D eigenvalue weighted by Gasteiger charge is 2.51. The molecule has 0 saturated carbocycles. The highest BCUT2D eigenvalue weighted by atomic mass is 32.2. The lowest BCUT2D eigenvalue weighted by atomic mass is 9.93. The van der Waals surface area contributed by atoms with Crippen molar-refractivity contribution in [3.05, 3.63) is 85.5 Å². The normalized spacial score (nSPS) is 18.9. The van der Waals surface area contributed by atoms with E-state index in [-0.39, 0.29) is 12.5 Å². The van der Waals surface area contributed by atoms with Gasteiger partial charge in [-0.1, -0.05) is 79.6 Å². The van der Waals surface area contributed by atoms with E-state index in [0.717, 1.165) is 42.4 Å². The summed E-state index contributed by atoms with van der Waals surface area (Å²) in [6, 6.07) is 16.8. The number of nitrogens with zero attached hydrogens (tertiary/aromatic N) is 1. The molecule has 43 heavy (non-hydrogen) atoms. The van der Waals surface area contributed by atoms with Gasteiger partial charge < -0.3 is 19.7 Å². The number of thioether (sulfide) groups is 1. The Morgan fingerprint density at radius 1 is 1.02 bits per heavy atom. The third-order valence-corrected chi connectivity index (χ3v) is 8.95. The first-order valence-electron chi connectivity index (χ1n) is 14.9. The van der Waals surface area contributed by atoms with Crippen LogP contribution in [0.4, 0.5) is 4.79 Å². The number of likely N-dealkylation sites (tertiary alicyclic amines) is 1. The summed E-state index contributed by atoms with van der Waals surface area (Å²) in [6.07, 6.45) is 7.32. The summed E-state index contributed by atoms with van der Waals surface area (Å²) in [4.78, 5) is 41.8. The van der Waals surface area contributed by atoms with Crippen LogP contribution in [0.2, 0.25) is 0 Å². The smallest absolute Gasteiger partial charge is 0.408 e. The third-order valence-electron chi connectivity index (χ3n) is 7.47. The average Bonchev–Trinajstić information content (AvgIpc) is 3.39. The zero-order chi connectivity index (χ0) is 31.5. The summed E-state index contributed by atoms with van der Waals surface area (Å²) in [7, 11) is 1.34. The molecule has 1 unspecified atom stereocenters. The SMILES string of the molecule is C=CCCCCCC(NC(=O)OC(C)(C)C)C(=O)N1C[C@](SCC=C)(c2ccc(-c3ccccc3)cc2)C[C@H]1C(=O)OC. The second kappa shape index (κ2) is 15.8. The van der Waals surface area contributed by atoms with Gasteiger partial charge in [0.05, 0.1) is 11.9 Å². The van der Waals surface area contributed by atoms with Crippen molar-refractivity contribution in [2.24, 2.45) is 0 Å². The number of carbonyl (C=O) groups is 3. The molecular weight excluding hydrogens is 560 g/mol. The molecule has 8 heteroatoms. The van der Waals surface area contributed by atoms with Crippen LogP contribution in [0.1, 0.15) is 64.9 Å². The summed E-state index contributed by atoms with van der Waals surface area (Å²) < 4.78 is 10.1. The molecular formula is C35H46N2O5S. The van der Waals surface area contributed by atoms with E-state index >= 15 is 0 Å². The van der Waals surface area contributed by atoms with Crippen LogP contribution in [0.3, 0.4) is 0 Å². The Morgan fingerprint density at radius 2 is 1.70 bits per heavy atom. The number of amides is 2. The van der Waals surface area contributed by atoms with Crippen LogP contribution < -0.4 is 5.32 Å². The van der Waals surface area contributed by atoms with Gasteiger partial charge in [-0.05, 0) is 63.1 Å². The van der Waals surface area contributed by atoms with E-state index in [4.69, 9.17) is 9.47 Å². The fraction of sp³-hybridized carbons (Fsp3) is 0.457. The van der Waals surface area contributed by atoms with Crippen molar-refractivity contribution in [1.82, 2.24) is 10.2 Å². The predicted octanol–water partition coefficient (Wildman–Crippen LogP) is 7.27. The Kier molecular flexibility index (Phi) is 12.5. The van der Waals surface area contributed by atoms with E-state index in [2.05, 4.69) is 54.9 Å². The van der Waals surface area contributed by atoms with Crippen molar-refractivity contribution < 1.29 is 23.9 Å². The number of esters is 1. The average molecular weight is 607 g/mol. The van der Waals surface area contributed by atoms with E-state index in [9.17, 15) is 14.4 Å². The van der Waals surface area contributed by atoms with Crippen LogP contribution in [0.25, 0.3) is 11.1 Å². The van der Waals surface area contributed by atoms with Gasteiger partial charge in [-0.2, -0.15) is 0 Å². The van der Waals surface area contributed by atoms with Gasteiger partial charge in [-0.15, -0.1) is 24.9 Å². The number of methoxy groups -OCH3 is 1. The topological polar surface area (TPSA) is 84.9 Å². The first kappa shape index (κ1) is 34.0. The number of nitrogens with one attached hydrogen (secondary N) is 1. The molecule has 1 aliphatic rings. The largest absolute Gasteiger partial charge is 0.467 e. The van der Waals surface area contributed by atoms with Crippen LogP contribution >= 0.6 is 11.8 Å². The van der Waals surface area contributed by atoms with E-state index in [1.54, 1.807) is 37.4 Å². The molecule has 232 valence electrons. The summed E-state index contributed by atoms with van der Waals surface area (Å²) in [6.45, 7) is 13.3. The maximum absolute atomic E-state index is 14.2. The quantitative estimate of drug-likeness (QED) is 0.138. The molecule has 3 rings (SSSR count). The van der Waals surface area contributed by atoms with Gasteiger partial charge in [0.15, 0.2) is 0 Å². The first-order chi connectivity index (χ1) is 20.5. The number of alkyl carbamates (subject to hydrolysis) is 1. The molecule has 0 spiro atoms. The number of rotatable bonds is 14. The predicted molar refractivity (Wildman–Crippen MR) is 175 cm³/mol. The van der Waals surface area contributed by atoms with Crippen molar-refractivity contribution in [2.45, 2.75) is 81.7 Å². The number of unbranched alkanes of at least 4 members (excludes halogenated alkanes) is 3. The van der Waals surface area contributed by atoms with E-state index < -0.39 is 34.5 Å². The maximum atomic E-state index is 14.2. The van der Waals surface area contributed by atoms with Crippen molar-refractivity contribution in [3.63, 3.8) is 0 Å². The van der Waals surface area contributed by atoms with Crippen molar-refractivity contribution in [1.29, 1.82) is 0 Å². The molecule has 0 aromatic heterocycles. The van der Waals surface area contributed by atoms with Gasteiger partial charge in [0.1, 0.15) is 17.7 Å². The summed E-state index contributed by atoms with van der Waals surface area (Å²) >= 11 is 1.66. The maximum Gasteiger partial charge on any atom is 0.408 e. The summed E-state index contributed by atoms with van der Waals surface area (Å²) in [5.74, 6) is -0.150. The fourth-order valence-corrected chi connectivity index (χ4v) is 6.63. The van der Waals surface area contributed by atoms with E-state index in [1.165, 1.54) is 7.11 Å². The second-order valence-corrected chi connectivity index (χ2v) is 13.3. The lowest BCUT2D eigenvalue weighted by Crippen LogP contribution is -2.52.